The maximum absolute atomic E-state index is 11.0. The van der Waals surface area contributed by atoms with Gasteiger partial charge in [0.05, 0.1) is 5.68 Å². The predicted octanol–water partition coefficient (Wildman–Crippen LogP) is 0.994. The van der Waals surface area contributed by atoms with Crippen molar-refractivity contribution < 1.29 is 4.79 Å². The van der Waals surface area contributed by atoms with Crippen LogP contribution >= 0.6 is 0 Å². The maximum atomic E-state index is 11.0. The van der Waals surface area contributed by atoms with Crippen LogP contribution in [0.2, 0.25) is 0 Å². The number of allylic oxidation sites excluding steroid dienone is 2. The van der Waals surface area contributed by atoms with Gasteiger partial charge in [0.15, 0.2) is 7.85 Å². The third kappa shape index (κ3) is 1.95. The van der Waals surface area contributed by atoms with Crippen LogP contribution in [-0.2, 0) is 4.79 Å². The van der Waals surface area contributed by atoms with Gasteiger partial charge in [-0.05, 0) is 18.3 Å². The van der Waals surface area contributed by atoms with E-state index in [-0.39, 0.29) is 5.92 Å². The Morgan fingerprint density at radius 1 is 1.64 bits per heavy atom. The molecule has 0 bridgehead atoms. The zero-order valence-corrected chi connectivity index (χ0v) is 7.50. The number of rotatable bonds is 2. The molecule has 0 N–H and O–H groups in total. The zero-order chi connectivity index (χ0) is 8.43. The van der Waals surface area contributed by atoms with Gasteiger partial charge in [0, 0.05) is 5.92 Å². The van der Waals surface area contributed by atoms with Gasteiger partial charge in [0.25, 0.3) is 0 Å². The number of hydrogen-bond donors (Lipinski definition) is 0. The lowest BCUT2D eigenvalue weighted by molar-refractivity contribution is -0.115. The summed E-state index contributed by atoms with van der Waals surface area (Å²) >= 11 is 0. The van der Waals surface area contributed by atoms with Crippen molar-refractivity contribution in [3.63, 3.8) is 0 Å². The van der Waals surface area contributed by atoms with Crippen molar-refractivity contribution in [1.82, 2.24) is 0 Å². The first-order chi connectivity index (χ1) is 5.11. The summed E-state index contributed by atoms with van der Waals surface area (Å²) in [4.78, 5) is 11.0. The Hall–Kier alpha value is -0.525. The molecule has 0 saturated carbocycles. The van der Waals surface area contributed by atoms with Crippen molar-refractivity contribution in [3.8, 4) is 0 Å². The molecule has 2 heteroatoms. The van der Waals surface area contributed by atoms with E-state index in [1.807, 2.05) is 6.92 Å². The monoisotopic (exact) mass is 150 g/mol. The van der Waals surface area contributed by atoms with E-state index in [4.69, 9.17) is 0 Å². The van der Waals surface area contributed by atoms with E-state index in [9.17, 15) is 4.79 Å². The summed E-state index contributed by atoms with van der Waals surface area (Å²) < 4.78 is 0. The molecule has 1 aliphatic rings. The summed E-state index contributed by atoms with van der Waals surface area (Å²) in [5.74, 6) is 1.39. The van der Waals surface area contributed by atoms with Gasteiger partial charge in [0.2, 0.25) is 0 Å². The minimum Gasteiger partial charge on any atom is -0.312 e. The van der Waals surface area contributed by atoms with Crippen LogP contribution in [0.3, 0.4) is 0 Å². The molecule has 0 heterocycles. The zero-order valence-electron chi connectivity index (χ0n) is 7.50. The SMILES string of the molecule is BC(=O)C(C)C1C=CC(C)C1. The lowest BCUT2D eigenvalue weighted by Gasteiger charge is -2.15. The molecule has 0 aromatic rings. The molecular formula is C9H15BO. The summed E-state index contributed by atoms with van der Waals surface area (Å²) in [6, 6.07) is 0. The fraction of sp³-hybridized carbons (Fsp3) is 0.667. The van der Waals surface area contributed by atoms with Crippen LogP contribution in [0.25, 0.3) is 0 Å². The third-order valence-corrected chi connectivity index (χ3v) is 2.61. The largest absolute Gasteiger partial charge is 0.312 e. The molecule has 1 nitrogen and oxygen atoms in total. The molecule has 0 amide bonds. The second kappa shape index (κ2) is 3.25. The maximum Gasteiger partial charge on any atom is 0.187 e. The molecule has 1 aliphatic carbocycles. The molecule has 0 aromatic carbocycles. The first kappa shape index (κ1) is 8.57. The average molecular weight is 150 g/mol. The van der Waals surface area contributed by atoms with E-state index in [1.54, 1.807) is 7.85 Å². The Labute approximate surface area is 69.3 Å². The van der Waals surface area contributed by atoms with Crippen LogP contribution < -0.4 is 0 Å². The van der Waals surface area contributed by atoms with Crippen molar-refractivity contribution >= 4 is 13.5 Å². The van der Waals surface area contributed by atoms with Gasteiger partial charge in [-0.3, -0.25) is 0 Å². The van der Waals surface area contributed by atoms with E-state index >= 15 is 0 Å². The van der Waals surface area contributed by atoms with Gasteiger partial charge >= 0.3 is 0 Å². The van der Waals surface area contributed by atoms with Crippen molar-refractivity contribution in [2.24, 2.45) is 17.8 Å². The van der Waals surface area contributed by atoms with Crippen LogP contribution in [-0.4, -0.2) is 13.5 Å². The van der Waals surface area contributed by atoms with Crippen LogP contribution in [0.4, 0.5) is 0 Å². The van der Waals surface area contributed by atoms with E-state index in [2.05, 4.69) is 19.1 Å². The predicted molar refractivity (Wildman–Crippen MR) is 49.1 cm³/mol. The minimum absolute atomic E-state index is 0.219. The molecule has 0 spiro atoms. The van der Waals surface area contributed by atoms with E-state index in [1.165, 1.54) is 0 Å². The standard InChI is InChI=1S/C9H15BO/c1-6-3-4-8(5-6)7(2)9(10)11/h3-4,6-8H,5,10H2,1-2H3. The average Bonchev–Trinajstić information content (AvgIpc) is 2.34. The highest BCUT2D eigenvalue weighted by molar-refractivity contribution is 6.58. The quantitative estimate of drug-likeness (QED) is 0.423. The van der Waals surface area contributed by atoms with Gasteiger partial charge in [-0.25, -0.2) is 0 Å². The summed E-state index contributed by atoms with van der Waals surface area (Å²) in [5, 5.41) is 0. The Kier molecular flexibility index (Phi) is 2.53. The molecule has 11 heavy (non-hydrogen) atoms. The summed E-state index contributed by atoms with van der Waals surface area (Å²) in [6.45, 7) is 4.22. The third-order valence-electron chi connectivity index (χ3n) is 2.61. The second-order valence-electron chi connectivity index (χ2n) is 3.66. The van der Waals surface area contributed by atoms with Crippen molar-refractivity contribution in [1.29, 1.82) is 0 Å². The van der Waals surface area contributed by atoms with E-state index in [0.717, 1.165) is 6.42 Å². The number of hydrogen-bond acceptors (Lipinski definition) is 1. The Balaban J connectivity index is 2.51. The highest BCUT2D eigenvalue weighted by Crippen LogP contribution is 2.28. The number of carbonyl (C=O) groups is 1. The highest BCUT2D eigenvalue weighted by Gasteiger charge is 2.23. The van der Waals surface area contributed by atoms with Gasteiger partial charge in [-0.15, -0.1) is 0 Å². The van der Waals surface area contributed by atoms with Gasteiger partial charge < -0.3 is 4.79 Å². The highest BCUT2D eigenvalue weighted by atomic mass is 16.1. The summed E-state index contributed by atoms with van der Waals surface area (Å²) in [6.07, 6.45) is 5.56. The van der Waals surface area contributed by atoms with Crippen molar-refractivity contribution in [2.45, 2.75) is 20.3 Å². The van der Waals surface area contributed by atoms with Crippen LogP contribution in [0.5, 0.6) is 0 Å². The van der Waals surface area contributed by atoms with Crippen LogP contribution in [0.15, 0.2) is 12.2 Å². The topological polar surface area (TPSA) is 17.1 Å². The lowest BCUT2D eigenvalue weighted by Crippen LogP contribution is -2.18. The van der Waals surface area contributed by atoms with Gasteiger partial charge in [0.1, 0.15) is 0 Å². The second-order valence-corrected chi connectivity index (χ2v) is 3.66. The molecule has 0 aromatic heterocycles. The van der Waals surface area contributed by atoms with Gasteiger partial charge in [-0.2, -0.15) is 0 Å². The van der Waals surface area contributed by atoms with E-state index < -0.39 is 0 Å². The van der Waals surface area contributed by atoms with Crippen molar-refractivity contribution in [3.05, 3.63) is 12.2 Å². The molecule has 1 rings (SSSR count). The van der Waals surface area contributed by atoms with E-state index in [0.29, 0.717) is 17.5 Å². The normalized spacial score (nSPS) is 32.2. The van der Waals surface area contributed by atoms with Gasteiger partial charge in [-0.1, -0.05) is 26.0 Å². The lowest BCUT2D eigenvalue weighted by atomic mass is 9.80. The summed E-state index contributed by atoms with van der Waals surface area (Å²) in [5.41, 5.74) is 0.314. The molecule has 3 unspecified atom stereocenters. The Bertz CT molecular complexity index is 186. The molecule has 0 radical (unpaired) electrons. The Morgan fingerprint density at radius 2 is 2.27 bits per heavy atom. The molecule has 3 atom stereocenters. The molecule has 0 saturated heterocycles. The van der Waals surface area contributed by atoms with Crippen LogP contribution in [0, 0.1) is 17.8 Å². The number of carbonyl (C=O) groups excluding carboxylic acids is 1. The first-order valence-electron chi connectivity index (χ1n) is 4.30. The van der Waals surface area contributed by atoms with Crippen LogP contribution in [0.1, 0.15) is 20.3 Å². The Morgan fingerprint density at radius 3 is 2.64 bits per heavy atom. The summed E-state index contributed by atoms with van der Waals surface area (Å²) in [7, 11) is 1.68. The molecule has 0 fully saturated rings. The fourth-order valence-corrected chi connectivity index (χ4v) is 1.59. The van der Waals surface area contributed by atoms with Crippen molar-refractivity contribution in [2.75, 3.05) is 0 Å². The molecule has 0 aliphatic heterocycles. The fourth-order valence-electron chi connectivity index (χ4n) is 1.59. The smallest absolute Gasteiger partial charge is 0.187 e. The minimum atomic E-state index is 0.219. The molecular weight excluding hydrogens is 135 g/mol. The molecule has 60 valence electrons. The first-order valence-corrected chi connectivity index (χ1v) is 4.30.